The van der Waals surface area contributed by atoms with Gasteiger partial charge >= 0.3 is 0 Å². The Kier molecular flexibility index (Phi) is 7.07. The van der Waals surface area contributed by atoms with Crippen LogP contribution in [-0.2, 0) is 21.4 Å². The molecule has 2 rings (SSSR count). The fourth-order valence-corrected chi connectivity index (χ4v) is 3.67. The second-order valence-corrected chi connectivity index (χ2v) is 8.25. The van der Waals surface area contributed by atoms with Crippen molar-refractivity contribution >= 4 is 44.8 Å². The summed E-state index contributed by atoms with van der Waals surface area (Å²) < 4.78 is 28.0. The van der Waals surface area contributed by atoms with E-state index in [2.05, 4.69) is 5.32 Å². The first kappa shape index (κ1) is 21.5. The zero-order valence-electron chi connectivity index (χ0n) is 14.7. The predicted octanol–water partition coefficient (Wildman–Crippen LogP) is 2.72. The first-order valence-electron chi connectivity index (χ1n) is 7.73. The van der Waals surface area contributed by atoms with Gasteiger partial charge in [0.15, 0.2) is 0 Å². The van der Waals surface area contributed by atoms with E-state index in [1.165, 1.54) is 0 Å². The number of hydrogen-bond donors (Lipinski definition) is 2. The molecule has 0 fully saturated rings. The number of rotatable bonds is 7. The number of carbonyl (C=O) groups is 1. The summed E-state index contributed by atoms with van der Waals surface area (Å²) >= 11 is 12.1. The van der Waals surface area contributed by atoms with Gasteiger partial charge in [-0.1, -0.05) is 35.3 Å². The molecule has 0 aromatic heterocycles. The predicted molar refractivity (Wildman–Crippen MR) is 106 cm³/mol. The van der Waals surface area contributed by atoms with Crippen LogP contribution >= 0.6 is 23.2 Å². The minimum Gasteiger partial charge on any atom is -0.497 e. The number of likely N-dealkylation sites (N-methyl/N-ethyl adjacent to an activating group) is 1. The number of methoxy groups -OCH3 is 1. The van der Waals surface area contributed by atoms with Gasteiger partial charge < -0.3 is 10.1 Å². The lowest BCUT2D eigenvalue weighted by atomic mass is 10.2. The van der Waals surface area contributed by atoms with Crippen LogP contribution in [0.3, 0.4) is 0 Å². The number of benzene rings is 2. The van der Waals surface area contributed by atoms with Gasteiger partial charge in [0.05, 0.1) is 34.3 Å². The smallest absolute Gasteiger partial charge is 0.238 e. The summed E-state index contributed by atoms with van der Waals surface area (Å²) in [7, 11) is -0.580. The van der Waals surface area contributed by atoms with Crippen molar-refractivity contribution in [1.82, 2.24) is 4.90 Å². The first-order chi connectivity index (χ1) is 12.6. The second-order valence-electron chi connectivity index (χ2n) is 5.88. The lowest BCUT2D eigenvalue weighted by molar-refractivity contribution is -0.117. The number of nitrogens with two attached hydrogens (primary N) is 1. The Morgan fingerprint density at radius 3 is 2.41 bits per heavy atom. The molecular weight excluding hydrogens is 413 g/mol. The second kappa shape index (κ2) is 8.90. The van der Waals surface area contributed by atoms with Gasteiger partial charge in [-0.3, -0.25) is 9.69 Å². The first-order valence-corrected chi connectivity index (χ1v) is 10.0. The number of carbonyl (C=O) groups excluding carboxylic acids is 1. The van der Waals surface area contributed by atoms with E-state index in [-0.39, 0.29) is 33.1 Å². The summed E-state index contributed by atoms with van der Waals surface area (Å²) in [6.45, 7) is 0.594. The molecule has 10 heteroatoms. The Balaban J connectivity index is 2.04. The van der Waals surface area contributed by atoms with Gasteiger partial charge in [-0.2, -0.15) is 0 Å². The average molecular weight is 432 g/mol. The minimum atomic E-state index is -3.95. The van der Waals surface area contributed by atoms with Gasteiger partial charge in [0, 0.05) is 6.54 Å². The number of sulfonamides is 1. The molecule has 0 heterocycles. The van der Waals surface area contributed by atoms with Crippen LogP contribution in [0, 0.1) is 0 Å². The topological polar surface area (TPSA) is 102 Å². The van der Waals surface area contributed by atoms with Crippen molar-refractivity contribution in [2.75, 3.05) is 26.0 Å². The highest BCUT2D eigenvalue weighted by atomic mass is 35.5. The number of nitrogens with one attached hydrogen (secondary N) is 1. The van der Waals surface area contributed by atoms with E-state index in [9.17, 15) is 13.2 Å². The van der Waals surface area contributed by atoms with Gasteiger partial charge in [-0.25, -0.2) is 13.6 Å². The maximum Gasteiger partial charge on any atom is 0.238 e. The maximum atomic E-state index is 12.3. The number of amides is 1. The van der Waals surface area contributed by atoms with E-state index >= 15 is 0 Å². The molecule has 7 nitrogen and oxygen atoms in total. The molecule has 3 N–H and O–H groups in total. The third-order valence-electron chi connectivity index (χ3n) is 3.61. The average Bonchev–Trinajstić information content (AvgIpc) is 2.57. The standard InChI is InChI=1S/C17H19Cl2N3O4S/c1-22(9-11-4-3-5-12(6-11)26-2)10-16(23)21-17-14(18)7-13(8-15(17)19)27(20,24)25/h3-8H,9-10H2,1-2H3,(H,21,23)(H2,20,24,25). The normalized spacial score (nSPS) is 11.5. The number of halogens is 2. The van der Waals surface area contributed by atoms with Crippen LogP contribution in [0.1, 0.15) is 5.56 Å². The molecule has 2 aromatic rings. The quantitative estimate of drug-likeness (QED) is 0.701. The number of ether oxygens (including phenoxy) is 1. The number of primary sulfonamides is 1. The van der Waals surface area contributed by atoms with Gasteiger partial charge in [-0.15, -0.1) is 0 Å². The lowest BCUT2D eigenvalue weighted by Gasteiger charge is -2.17. The van der Waals surface area contributed by atoms with Crippen molar-refractivity contribution < 1.29 is 17.9 Å². The molecule has 27 heavy (non-hydrogen) atoms. The summed E-state index contributed by atoms with van der Waals surface area (Å²) in [5, 5.41) is 7.61. The van der Waals surface area contributed by atoms with Gasteiger partial charge in [0.2, 0.25) is 15.9 Å². The number of hydrogen-bond acceptors (Lipinski definition) is 5. The van der Waals surface area contributed by atoms with Gasteiger partial charge in [-0.05, 0) is 36.9 Å². The van der Waals surface area contributed by atoms with Crippen LogP contribution in [0.25, 0.3) is 0 Å². The largest absolute Gasteiger partial charge is 0.497 e. The zero-order valence-corrected chi connectivity index (χ0v) is 17.0. The molecule has 146 valence electrons. The molecule has 2 aromatic carbocycles. The third-order valence-corrected chi connectivity index (χ3v) is 5.10. The summed E-state index contributed by atoms with van der Waals surface area (Å²) in [6.07, 6.45) is 0. The van der Waals surface area contributed by atoms with Gasteiger partial charge in [0.1, 0.15) is 5.75 Å². The van der Waals surface area contributed by atoms with E-state index in [0.29, 0.717) is 6.54 Å². The van der Waals surface area contributed by atoms with E-state index in [4.69, 9.17) is 33.1 Å². The molecule has 0 radical (unpaired) electrons. The Labute approximate surface area is 168 Å². The van der Waals surface area contributed by atoms with E-state index in [1.807, 2.05) is 24.3 Å². The molecule has 0 saturated carbocycles. The molecule has 0 spiro atoms. The highest BCUT2D eigenvalue weighted by Gasteiger charge is 2.17. The number of nitrogens with zero attached hydrogens (tertiary/aromatic N) is 1. The summed E-state index contributed by atoms with van der Waals surface area (Å²) in [6, 6.07) is 9.79. The van der Waals surface area contributed by atoms with E-state index in [1.54, 1.807) is 19.1 Å². The summed E-state index contributed by atoms with van der Waals surface area (Å²) in [4.78, 5) is 13.9. The summed E-state index contributed by atoms with van der Waals surface area (Å²) in [5.74, 6) is 0.381. The Morgan fingerprint density at radius 2 is 1.85 bits per heavy atom. The van der Waals surface area contributed by atoms with Crippen LogP contribution in [0.15, 0.2) is 41.3 Å². The molecule has 0 atom stereocenters. The summed E-state index contributed by atoms with van der Waals surface area (Å²) in [5.41, 5.74) is 1.11. The van der Waals surface area contributed by atoms with Crippen molar-refractivity contribution in [3.05, 3.63) is 52.0 Å². The van der Waals surface area contributed by atoms with Crippen LogP contribution in [0.4, 0.5) is 5.69 Å². The monoisotopic (exact) mass is 431 g/mol. The van der Waals surface area contributed by atoms with E-state index < -0.39 is 10.0 Å². The highest BCUT2D eigenvalue weighted by molar-refractivity contribution is 7.89. The van der Waals surface area contributed by atoms with Crippen LogP contribution in [0.5, 0.6) is 5.75 Å². The molecule has 1 amide bonds. The van der Waals surface area contributed by atoms with E-state index in [0.717, 1.165) is 23.4 Å². The fourth-order valence-electron chi connectivity index (χ4n) is 2.40. The molecule has 0 aliphatic rings. The number of anilines is 1. The molecule has 0 saturated heterocycles. The van der Waals surface area contributed by atoms with Crippen molar-refractivity contribution in [3.8, 4) is 5.75 Å². The fraction of sp³-hybridized carbons (Fsp3) is 0.235. The van der Waals surface area contributed by atoms with Crippen molar-refractivity contribution in [2.24, 2.45) is 5.14 Å². The lowest BCUT2D eigenvalue weighted by Crippen LogP contribution is -2.30. The third kappa shape index (κ3) is 6.08. The Bertz CT molecular complexity index is 928. The van der Waals surface area contributed by atoms with Crippen molar-refractivity contribution in [2.45, 2.75) is 11.4 Å². The highest BCUT2D eigenvalue weighted by Crippen LogP contribution is 2.33. The van der Waals surface area contributed by atoms with Crippen molar-refractivity contribution in [3.63, 3.8) is 0 Å². The Morgan fingerprint density at radius 1 is 1.22 bits per heavy atom. The zero-order chi connectivity index (χ0) is 20.2. The SMILES string of the molecule is COc1cccc(CN(C)CC(=O)Nc2c(Cl)cc(S(N)(=O)=O)cc2Cl)c1. The maximum absolute atomic E-state index is 12.3. The molecular formula is C17H19Cl2N3O4S. The molecule has 0 unspecified atom stereocenters. The molecule has 0 bridgehead atoms. The van der Waals surface area contributed by atoms with Crippen LogP contribution in [-0.4, -0.2) is 39.9 Å². The Hall–Kier alpha value is -1.84. The molecule has 0 aliphatic carbocycles. The molecule has 0 aliphatic heterocycles. The van der Waals surface area contributed by atoms with Crippen LogP contribution in [0.2, 0.25) is 10.0 Å². The van der Waals surface area contributed by atoms with Crippen LogP contribution < -0.4 is 15.2 Å². The minimum absolute atomic E-state index is 0.0182. The van der Waals surface area contributed by atoms with Crippen molar-refractivity contribution in [1.29, 1.82) is 0 Å². The van der Waals surface area contributed by atoms with Gasteiger partial charge in [0.25, 0.3) is 0 Å².